The van der Waals surface area contributed by atoms with Crippen LogP contribution in [0.4, 0.5) is 26.2 Å². The molecule has 2 N–H and O–H groups in total. The van der Waals surface area contributed by atoms with E-state index in [4.69, 9.17) is 21.3 Å². The van der Waals surface area contributed by atoms with Gasteiger partial charge in [-0.1, -0.05) is 17.7 Å². The molecule has 2 aromatic carbocycles. The van der Waals surface area contributed by atoms with Crippen LogP contribution in [0.3, 0.4) is 0 Å². The molecule has 1 aliphatic carbocycles. The SMILES string of the molecule is CNc1nc(Nc2ccc(-n3cnc(Cl)c3)c(OC)c2)nc2c1CCC2c1ccc(F)c(F)c1. The van der Waals surface area contributed by atoms with Gasteiger partial charge in [0.05, 0.1) is 18.5 Å². The van der Waals surface area contributed by atoms with Crippen LogP contribution in [-0.4, -0.2) is 33.7 Å². The highest BCUT2D eigenvalue weighted by molar-refractivity contribution is 6.29. The zero-order valence-corrected chi connectivity index (χ0v) is 19.2. The van der Waals surface area contributed by atoms with Gasteiger partial charge in [-0.25, -0.2) is 18.7 Å². The summed E-state index contributed by atoms with van der Waals surface area (Å²) in [5, 5.41) is 6.74. The number of halogens is 3. The maximum atomic E-state index is 13.9. The van der Waals surface area contributed by atoms with E-state index in [1.807, 2.05) is 18.2 Å². The van der Waals surface area contributed by atoms with Crippen molar-refractivity contribution in [2.24, 2.45) is 0 Å². The Morgan fingerprint density at radius 2 is 1.97 bits per heavy atom. The van der Waals surface area contributed by atoms with Crippen molar-refractivity contribution < 1.29 is 13.5 Å². The molecule has 0 saturated heterocycles. The van der Waals surface area contributed by atoms with E-state index >= 15 is 0 Å². The van der Waals surface area contributed by atoms with Crippen LogP contribution in [-0.2, 0) is 6.42 Å². The molecule has 2 aromatic heterocycles. The minimum Gasteiger partial charge on any atom is -0.494 e. The van der Waals surface area contributed by atoms with E-state index in [1.54, 1.807) is 37.3 Å². The summed E-state index contributed by atoms with van der Waals surface area (Å²) in [5.74, 6) is -0.179. The van der Waals surface area contributed by atoms with Gasteiger partial charge < -0.3 is 19.9 Å². The van der Waals surface area contributed by atoms with Crippen LogP contribution in [0, 0.1) is 11.6 Å². The first kappa shape index (κ1) is 22.1. The summed E-state index contributed by atoms with van der Waals surface area (Å²) in [6.45, 7) is 0. The average molecular weight is 483 g/mol. The fourth-order valence-electron chi connectivity index (χ4n) is 4.31. The minimum absolute atomic E-state index is 0.149. The summed E-state index contributed by atoms with van der Waals surface area (Å²) >= 11 is 5.94. The highest BCUT2D eigenvalue weighted by atomic mass is 35.5. The molecule has 10 heteroatoms. The van der Waals surface area contributed by atoms with E-state index in [0.29, 0.717) is 28.2 Å². The van der Waals surface area contributed by atoms with Crippen LogP contribution in [0.15, 0.2) is 48.9 Å². The number of nitrogens with zero attached hydrogens (tertiary/aromatic N) is 4. The number of aromatic nitrogens is 4. The molecule has 0 aliphatic heterocycles. The third kappa shape index (κ3) is 4.03. The Morgan fingerprint density at radius 1 is 1.12 bits per heavy atom. The van der Waals surface area contributed by atoms with E-state index in [-0.39, 0.29) is 5.92 Å². The number of benzene rings is 2. The largest absolute Gasteiger partial charge is 0.494 e. The quantitative estimate of drug-likeness (QED) is 0.380. The van der Waals surface area contributed by atoms with Crippen molar-refractivity contribution >= 4 is 29.1 Å². The van der Waals surface area contributed by atoms with Gasteiger partial charge in [-0.2, -0.15) is 4.98 Å². The second kappa shape index (κ2) is 8.90. The monoisotopic (exact) mass is 482 g/mol. The lowest BCUT2D eigenvalue weighted by molar-refractivity contribution is 0.413. The summed E-state index contributed by atoms with van der Waals surface area (Å²) in [5.41, 5.74) is 3.96. The van der Waals surface area contributed by atoms with Gasteiger partial charge in [0, 0.05) is 36.5 Å². The van der Waals surface area contributed by atoms with Crippen molar-refractivity contribution in [3.63, 3.8) is 0 Å². The molecule has 0 radical (unpaired) electrons. The van der Waals surface area contributed by atoms with Crippen LogP contribution >= 0.6 is 11.6 Å². The summed E-state index contributed by atoms with van der Waals surface area (Å²) in [7, 11) is 3.38. The molecule has 0 bridgehead atoms. The number of hydrogen-bond acceptors (Lipinski definition) is 6. The summed E-state index contributed by atoms with van der Waals surface area (Å²) in [6.07, 6.45) is 4.77. The first-order valence-electron chi connectivity index (χ1n) is 10.6. The lowest BCUT2D eigenvalue weighted by Gasteiger charge is -2.16. The van der Waals surface area contributed by atoms with Crippen molar-refractivity contribution in [1.82, 2.24) is 19.5 Å². The third-order valence-corrected chi connectivity index (χ3v) is 6.10. The molecule has 0 amide bonds. The molecule has 1 atom stereocenters. The molecule has 0 saturated carbocycles. The van der Waals surface area contributed by atoms with Gasteiger partial charge >= 0.3 is 0 Å². The zero-order chi connectivity index (χ0) is 23.8. The molecule has 0 spiro atoms. The van der Waals surface area contributed by atoms with Crippen molar-refractivity contribution in [2.75, 3.05) is 24.8 Å². The lowest BCUT2D eigenvalue weighted by atomic mass is 9.96. The fourth-order valence-corrected chi connectivity index (χ4v) is 4.45. The fraction of sp³-hybridized carbons (Fsp3) is 0.208. The van der Waals surface area contributed by atoms with Crippen molar-refractivity contribution in [3.8, 4) is 11.4 Å². The second-order valence-corrected chi connectivity index (χ2v) is 8.28. The number of rotatable bonds is 6. The maximum Gasteiger partial charge on any atom is 0.229 e. The molecule has 0 fully saturated rings. The number of nitrogens with one attached hydrogen (secondary N) is 2. The van der Waals surface area contributed by atoms with Crippen molar-refractivity contribution in [2.45, 2.75) is 18.8 Å². The van der Waals surface area contributed by atoms with E-state index in [0.717, 1.165) is 41.5 Å². The van der Waals surface area contributed by atoms with E-state index in [2.05, 4.69) is 20.6 Å². The zero-order valence-electron chi connectivity index (χ0n) is 18.4. The third-order valence-electron chi connectivity index (χ3n) is 5.90. The molecule has 2 heterocycles. The Labute approximate surface area is 199 Å². The van der Waals surface area contributed by atoms with E-state index in [1.165, 1.54) is 6.07 Å². The smallest absolute Gasteiger partial charge is 0.229 e. The number of anilines is 3. The van der Waals surface area contributed by atoms with E-state index in [9.17, 15) is 8.78 Å². The number of fused-ring (bicyclic) bond motifs is 1. The van der Waals surface area contributed by atoms with E-state index < -0.39 is 11.6 Å². The van der Waals surface area contributed by atoms with Crippen LogP contribution in [0.2, 0.25) is 5.15 Å². The lowest BCUT2D eigenvalue weighted by Crippen LogP contribution is -2.08. The van der Waals surface area contributed by atoms with Gasteiger partial charge in [0.1, 0.15) is 23.0 Å². The molecule has 1 aliphatic rings. The second-order valence-electron chi connectivity index (χ2n) is 7.89. The first-order valence-corrected chi connectivity index (χ1v) is 11.0. The Bertz CT molecular complexity index is 1380. The van der Waals surface area contributed by atoms with Crippen LogP contribution in [0.5, 0.6) is 5.75 Å². The van der Waals surface area contributed by atoms with Crippen LogP contribution < -0.4 is 15.4 Å². The molecule has 4 aromatic rings. The van der Waals surface area contributed by atoms with Gasteiger partial charge in [-0.15, -0.1) is 0 Å². The normalized spacial score (nSPS) is 14.7. The Kier molecular flexibility index (Phi) is 5.79. The topological polar surface area (TPSA) is 76.9 Å². The Hall–Kier alpha value is -3.72. The molecule has 34 heavy (non-hydrogen) atoms. The average Bonchev–Trinajstić information content (AvgIpc) is 3.46. The molecule has 5 rings (SSSR count). The number of ether oxygens (including phenoxy) is 1. The van der Waals surface area contributed by atoms with Gasteiger partial charge in [-0.05, 0) is 42.7 Å². The van der Waals surface area contributed by atoms with Crippen molar-refractivity contribution in [3.05, 3.63) is 82.5 Å². The van der Waals surface area contributed by atoms with Crippen LogP contribution in [0.25, 0.3) is 5.69 Å². The predicted molar refractivity (Wildman–Crippen MR) is 127 cm³/mol. The minimum atomic E-state index is -0.863. The Morgan fingerprint density at radius 3 is 2.68 bits per heavy atom. The maximum absolute atomic E-state index is 13.9. The summed E-state index contributed by atoms with van der Waals surface area (Å²) < 4.78 is 34.7. The van der Waals surface area contributed by atoms with Gasteiger partial charge in [0.15, 0.2) is 11.6 Å². The van der Waals surface area contributed by atoms with Gasteiger partial charge in [0.25, 0.3) is 0 Å². The standard InChI is InChI=1S/C24H21ClF2N6O/c1-28-23-16-6-5-15(13-3-7-17(26)18(27)9-13)22(16)31-24(32-23)30-14-4-8-19(20(10-14)34-2)33-11-21(25)29-12-33/h3-4,7-12,15H,5-6H2,1-2H3,(H2,28,30,31,32). The predicted octanol–water partition coefficient (Wildman–Crippen LogP) is 5.47. The van der Waals surface area contributed by atoms with Gasteiger partial charge in [0.2, 0.25) is 5.95 Å². The summed E-state index contributed by atoms with van der Waals surface area (Å²) in [6, 6.07) is 9.58. The molecule has 1 unspecified atom stereocenters. The highest BCUT2D eigenvalue weighted by Crippen LogP contribution is 2.40. The van der Waals surface area contributed by atoms with Crippen molar-refractivity contribution in [1.29, 1.82) is 0 Å². The highest BCUT2D eigenvalue weighted by Gasteiger charge is 2.30. The number of methoxy groups -OCH3 is 1. The molecule has 7 nitrogen and oxygen atoms in total. The van der Waals surface area contributed by atoms with Gasteiger partial charge in [-0.3, -0.25) is 0 Å². The molecule has 174 valence electrons. The van der Waals surface area contributed by atoms with Crippen LogP contribution in [0.1, 0.15) is 29.2 Å². The molecular weight excluding hydrogens is 462 g/mol. The summed E-state index contributed by atoms with van der Waals surface area (Å²) in [4.78, 5) is 13.4. The first-order chi connectivity index (χ1) is 16.5. The number of hydrogen-bond donors (Lipinski definition) is 2. The number of imidazole rings is 1. The Balaban J connectivity index is 1.49. The molecular formula is C24H21ClF2N6O.